The highest BCUT2D eigenvalue weighted by molar-refractivity contribution is 5.82. The summed E-state index contributed by atoms with van der Waals surface area (Å²) in [7, 11) is 0. The van der Waals surface area contributed by atoms with E-state index in [0.29, 0.717) is 6.61 Å². The van der Waals surface area contributed by atoms with Crippen molar-refractivity contribution in [2.45, 2.75) is 0 Å². The van der Waals surface area contributed by atoms with Crippen LogP contribution in [-0.2, 0) is 0 Å². The van der Waals surface area contributed by atoms with E-state index in [-0.39, 0.29) is 0 Å². The van der Waals surface area contributed by atoms with Crippen LogP contribution in [0.5, 0.6) is 5.75 Å². The van der Waals surface area contributed by atoms with Gasteiger partial charge < -0.3 is 4.74 Å². The molecule has 2 aromatic carbocycles. The normalized spacial score (nSPS) is 10.4. The van der Waals surface area contributed by atoms with Gasteiger partial charge in [0, 0.05) is 6.21 Å². The molecular formula is C16H15NO. The SMILES string of the molecule is C=CCOc1ccccc1N=Cc1ccccc1. The number of hydrogen-bond acceptors (Lipinski definition) is 2. The molecule has 90 valence electrons. The Balaban J connectivity index is 2.18. The maximum Gasteiger partial charge on any atom is 0.145 e. The summed E-state index contributed by atoms with van der Waals surface area (Å²) in [6.07, 6.45) is 3.55. The number of aliphatic imine (C=N–C) groups is 1. The molecule has 0 amide bonds. The van der Waals surface area contributed by atoms with Gasteiger partial charge in [-0.05, 0) is 17.7 Å². The first kappa shape index (κ1) is 12.1. The molecule has 0 unspecified atom stereocenters. The minimum atomic E-state index is 0.484. The summed E-state index contributed by atoms with van der Waals surface area (Å²) in [5.74, 6) is 0.768. The van der Waals surface area contributed by atoms with Gasteiger partial charge in [-0.1, -0.05) is 55.1 Å². The summed E-state index contributed by atoms with van der Waals surface area (Å²) in [6.45, 7) is 4.12. The molecule has 18 heavy (non-hydrogen) atoms. The summed E-state index contributed by atoms with van der Waals surface area (Å²) < 4.78 is 5.54. The Morgan fingerprint density at radius 1 is 1.00 bits per heavy atom. The topological polar surface area (TPSA) is 21.6 Å². The van der Waals surface area contributed by atoms with Gasteiger partial charge in [-0.3, -0.25) is 4.99 Å². The van der Waals surface area contributed by atoms with Gasteiger partial charge in [0.1, 0.15) is 18.0 Å². The molecule has 2 rings (SSSR count). The second-order valence-electron chi connectivity index (χ2n) is 3.74. The van der Waals surface area contributed by atoms with Gasteiger partial charge in [0.05, 0.1) is 0 Å². The minimum Gasteiger partial charge on any atom is -0.487 e. The van der Waals surface area contributed by atoms with Crippen LogP contribution in [0.25, 0.3) is 0 Å². The predicted molar refractivity (Wildman–Crippen MR) is 75.8 cm³/mol. The standard InChI is InChI=1S/C16H15NO/c1-2-12-18-16-11-7-6-10-15(16)17-13-14-8-4-3-5-9-14/h2-11,13H,1,12H2. The number of nitrogens with zero attached hydrogens (tertiary/aromatic N) is 1. The van der Waals surface area contributed by atoms with Crippen LogP contribution in [0.2, 0.25) is 0 Å². The highest BCUT2D eigenvalue weighted by Crippen LogP contribution is 2.26. The van der Waals surface area contributed by atoms with Gasteiger partial charge in [-0.15, -0.1) is 0 Å². The quantitative estimate of drug-likeness (QED) is 0.569. The fourth-order valence-corrected chi connectivity index (χ4v) is 1.52. The van der Waals surface area contributed by atoms with Crippen molar-refractivity contribution in [3.05, 3.63) is 72.8 Å². The van der Waals surface area contributed by atoms with E-state index in [2.05, 4.69) is 11.6 Å². The first-order valence-corrected chi connectivity index (χ1v) is 5.82. The lowest BCUT2D eigenvalue weighted by Crippen LogP contribution is -1.92. The molecule has 0 heterocycles. The number of benzene rings is 2. The Morgan fingerprint density at radius 2 is 1.72 bits per heavy atom. The van der Waals surface area contributed by atoms with Crippen LogP contribution < -0.4 is 4.74 Å². The Labute approximate surface area is 107 Å². The van der Waals surface area contributed by atoms with Crippen LogP contribution in [0.3, 0.4) is 0 Å². The molecule has 0 aromatic heterocycles. The zero-order valence-electron chi connectivity index (χ0n) is 10.1. The molecule has 0 fully saturated rings. The molecular weight excluding hydrogens is 222 g/mol. The Hall–Kier alpha value is -2.35. The third-order valence-electron chi connectivity index (χ3n) is 2.37. The number of hydrogen-bond donors (Lipinski definition) is 0. The number of ether oxygens (including phenoxy) is 1. The number of rotatable bonds is 5. The molecule has 0 N–H and O–H groups in total. The van der Waals surface area contributed by atoms with E-state index < -0.39 is 0 Å². The van der Waals surface area contributed by atoms with Crippen LogP contribution in [0.1, 0.15) is 5.56 Å². The van der Waals surface area contributed by atoms with E-state index >= 15 is 0 Å². The lowest BCUT2D eigenvalue weighted by Gasteiger charge is -2.05. The van der Waals surface area contributed by atoms with Crippen molar-refractivity contribution < 1.29 is 4.74 Å². The molecule has 0 bridgehead atoms. The molecule has 2 aromatic rings. The van der Waals surface area contributed by atoms with E-state index in [1.165, 1.54) is 0 Å². The van der Waals surface area contributed by atoms with Gasteiger partial charge in [0.15, 0.2) is 0 Å². The van der Waals surface area contributed by atoms with Crippen LogP contribution in [0.15, 0.2) is 72.2 Å². The largest absolute Gasteiger partial charge is 0.487 e. The van der Waals surface area contributed by atoms with Crippen molar-refractivity contribution in [3.8, 4) is 5.75 Å². The van der Waals surface area contributed by atoms with E-state index in [9.17, 15) is 0 Å². The first-order valence-electron chi connectivity index (χ1n) is 5.82. The molecule has 0 aliphatic rings. The van der Waals surface area contributed by atoms with Crippen LogP contribution in [0.4, 0.5) is 5.69 Å². The third-order valence-corrected chi connectivity index (χ3v) is 2.37. The van der Waals surface area contributed by atoms with Crippen molar-refractivity contribution >= 4 is 11.9 Å². The lowest BCUT2D eigenvalue weighted by atomic mass is 10.2. The molecule has 2 nitrogen and oxygen atoms in total. The molecule has 0 saturated heterocycles. The molecule has 0 aliphatic carbocycles. The summed E-state index contributed by atoms with van der Waals surface area (Å²) in [5.41, 5.74) is 1.89. The second kappa shape index (κ2) is 6.40. The van der Waals surface area contributed by atoms with Crippen molar-refractivity contribution in [3.63, 3.8) is 0 Å². The average Bonchev–Trinajstić information content (AvgIpc) is 2.45. The summed E-state index contributed by atoms with van der Waals surface area (Å²) in [4.78, 5) is 4.45. The van der Waals surface area contributed by atoms with Crippen molar-refractivity contribution in [1.82, 2.24) is 0 Å². The smallest absolute Gasteiger partial charge is 0.145 e. The maximum absolute atomic E-state index is 5.54. The summed E-state index contributed by atoms with van der Waals surface area (Å²) >= 11 is 0. The third kappa shape index (κ3) is 3.32. The van der Waals surface area contributed by atoms with Gasteiger partial charge in [-0.25, -0.2) is 0 Å². The van der Waals surface area contributed by atoms with Crippen LogP contribution >= 0.6 is 0 Å². The van der Waals surface area contributed by atoms with E-state index in [1.807, 2.05) is 60.8 Å². The molecule has 2 heteroatoms. The molecule has 0 saturated carbocycles. The Kier molecular flexibility index (Phi) is 4.31. The monoisotopic (exact) mass is 237 g/mol. The van der Waals surface area contributed by atoms with Crippen molar-refractivity contribution in [1.29, 1.82) is 0 Å². The Bertz CT molecular complexity index is 532. The highest BCUT2D eigenvalue weighted by atomic mass is 16.5. The maximum atomic E-state index is 5.54. The number of para-hydroxylation sites is 2. The van der Waals surface area contributed by atoms with Crippen molar-refractivity contribution in [2.24, 2.45) is 4.99 Å². The van der Waals surface area contributed by atoms with E-state index in [4.69, 9.17) is 4.74 Å². The second-order valence-corrected chi connectivity index (χ2v) is 3.74. The van der Waals surface area contributed by atoms with Gasteiger partial charge in [0.2, 0.25) is 0 Å². The zero-order chi connectivity index (χ0) is 12.6. The van der Waals surface area contributed by atoms with Crippen LogP contribution in [-0.4, -0.2) is 12.8 Å². The van der Waals surface area contributed by atoms with Gasteiger partial charge >= 0.3 is 0 Å². The van der Waals surface area contributed by atoms with E-state index in [0.717, 1.165) is 17.0 Å². The van der Waals surface area contributed by atoms with Crippen LogP contribution in [0, 0.1) is 0 Å². The summed E-state index contributed by atoms with van der Waals surface area (Å²) in [6, 6.07) is 17.7. The zero-order valence-corrected chi connectivity index (χ0v) is 10.1. The minimum absolute atomic E-state index is 0.484. The highest BCUT2D eigenvalue weighted by Gasteiger charge is 1.99. The predicted octanol–water partition coefficient (Wildman–Crippen LogP) is 4.00. The molecule has 0 radical (unpaired) electrons. The van der Waals surface area contributed by atoms with Crippen molar-refractivity contribution in [2.75, 3.05) is 6.61 Å². The van der Waals surface area contributed by atoms with Gasteiger partial charge in [0.25, 0.3) is 0 Å². The van der Waals surface area contributed by atoms with Gasteiger partial charge in [-0.2, -0.15) is 0 Å². The molecule has 0 spiro atoms. The molecule has 0 aliphatic heterocycles. The average molecular weight is 237 g/mol. The fraction of sp³-hybridized carbons (Fsp3) is 0.0625. The lowest BCUT2D eigenvalue weighted by molar-refractivity contribution is 0.364. The first-order chi connectivity index (χ1) is 8.90. The molecule has 0 atom stereocenters. The summed E-state index contributed by atoms with van der Waals surface area (Å²) in [5, 5.41) is 0. The fourth-order valence-electron chi connectivity index (χ4n) is 1.52. The van der Waals surface area contributed by atoms with E-state index in [1.54, 1.807) is 6.08 Å². The Morgan fingerprint density at radius 3 is 2.50 bits per heavy atom.